The Labute approximate surface area is 105 Å². The fourth-order valence-corrected chi connectivity index (χ4v) is 3.75. The molecule has 0 aliphatic heterocycles. The molecule has 0 aliphatic rings. The van der Waals surface area contributed by atoms with Crippen molar-refractivity contribution in [2.24, 2.45) is 0 Å². The van der Waals surface area contributed by atoms with Gasteiger partial charge in [-0.25, -0.2) is 18.1 Å². The summed E-state index contributed by atoms with van der Waals surface area (Å²) in [7, 11) is -3.53. The Hall–Kier alpha value is 0.0800. The van der Waals surface area contributed by atoms with Gasteiger partial charge in [-0.3, -0.25) is 0 Å². The van der Waals surface area contributed by atoms with E-state index in [1.54, 1.807) is 6.92 Å². The number of H-pyrrole nitrogens is 1. The third-order valence-corrected chi connectivity index (χ3v) is 5.77. The molecule has 1 heterocycles. The number of imidazole rings is 1. The maximum absolute atomic E-state index is 11.8. The van der Waals surface area contributed by atoms with Crippen molar-refractivity contribution < 1.29 is 8.42 Å². The predicted molar refractivity (Wildman–Crippen MR) is 64.9 cm³/mol. The Morgan fingerprint density at radius 2 is 2.13 bits per heavy atom. The molecule has 8 heteroatoms. The first-order valence-electron chi connectivity index (χ1n) is 4.08. The van der Waals surface area contributed by atoms with Crippen LogP contribution >= 0.6 is 31.9 Å². The first-order chi connectivity index (χ1) is 6.93. The number of hydrogen-bond acceptors (Lipinski definition) is 3. The number of aromatic nitrogens is 2. The van der Waals surface area contributed by atoms with Crippen LogP contribution in [0, 0.1) is 0 Å². The lowest BCUT2D eigenvalue weighted by molar-refractivity contribution is 0.507. The highest BCUT2D eigenvalue weighted by Crippen LogP contribution is 2.15. The average molecular weight is 361 g/mol. The molecule has 0 bridgehead atoms. The third-order valence-electron chi connectivity index (χ3n) is 1.73. The number of nitrogens with zero attached hydrogens (tertiary/aromatic N) is 1. The van der Waals surface area contributed by atoms with E-state index < -0.39 is 15.6 Å². The fourth-order valence-electron chi connectivity index (χ4n) is 0.860. The van der Waals surface area contributed by atoms with Gasteiger partial charge in [-0.15, -0.1) is 0 Å². The van der Waals surface area contributed by atoms with Gasteiger partial charge in [-0.2, -0.15) is 0 Å². The molecule has 0 radical (unpaired) electrons. The number of sulfonamides is 1. The molecule has 1 aromatic heterocycles. The standard InChI is InChI=1S/C7H11Br2N3O2S/c1-7(3-8,4-9)12-15(13,14)6-2-10-5-11-6/h2,5,12H,3-4H2,1H3,(H,10,11). The Balaban J connectivity index is 2.91. The van der Waals surface area contributed by atoms with E-state index in [1.807, 2.05) is 0 Å². The molecular weight excluding hydrogens is 350 g/mol. The molecule has 0 spiro atoms. The monoisotopic (exact) mass is 359 g/mol. The predicted octanol–water partition coefficient (Wildman–Crippen LogP) is 1.24. The van der Waals surface area contributed by atoms with Crippen molar-refractivity contribution in [1.29, 1.82) is 0 Å². The van der Waals surface area contributed by atoms with Crippen LogP contribution in [0.2, 0.25) is 0 Å². The molecule has 2 N–H and O–H groups in total. The second kappa shape index (κ2) is 4.94. The lowest BCUT2D eigenvalue weighted by Crippen LogP contribution is -2.48. The molecule has 0 atom stereocenters. The Morgan fingerprint density at radius 1 is 1.53 bits per heavy atom. The van der Waals surface area contributed by atoms with Gasteiger partial charge < -0.3 is 4.98 Å². The summed E-state index contributed by atoms with van der Waals surface area (Å²) in [4.78, 5) is 6.23. The summed E-state index contributed by atoms with van der Waals surface area (Å²) in [6.45, 7) is 1.80. The molecular formula is C7H11Br2N3O2S. The highest BCUT2D eigenvalue weighted by atomic mass is 79.9. The van der Waals surface area contributed by atoms with Gasteiger partial charge >= 0.3 is 0 Å². The number of rotatable bonds is 5. The Kier molecular flexibility index (Phi) is 4.33. The van der Waals surface area contributed by atoms with Gasteiger partial charge in [0.05, 0.1) is 12.5 Å². The number of alkyl halides is 2. The van der Waals surface area contributed by atoms with Gasteiger partial charge in [-0.1, -0.05) is 31.9 Å². The van der Waals surface area contributed by atoms with Gasteiger partial charge in [0.1, 0.15) is 0 Å². The van der Waals surface area contributed by atoms with Gasteiger partial charge in [0.25, 0.3) is 10.0 Å². The van der Waals surface area contributed by atoms with E-state index in [0.717, 1.165) is 0 Å². The molecule has 0 aliphatic carbocycles. The van der Waals surface area contributed by atoms with E-state index >= 15 is 0 Å². The minimum Gasteiger partial charge on any atom is -0.335 e. The smallest absolute Gasteiger partial charge is 0.258 e. The van der Waals surface area contributed by atoms with E-state index in [9.17, 15) is 8.42 Å². The van der Waals surface area contributed by atoms with Crippen molar-refractivity contribution in [1.82, 2.24) is 14.7 Å². The van der Waals surface area contributed by atoms with Crippen LogP contribution in [0.1, 0.15) is 6.92 Å². The van der Waals surface area contributed by atoms with Crippen molar-refractivity contribution in [2.75, 3.05) is 10.7 Å². The number of hydrogen-bond donors (Lipinski definition) is 2. The van der Waals surface area contributed by atoms with Crippen LogP contribution in [0.3, 0.4) is 0 Å². The van der Waals surface area contributed by atoms with E-state index in [1.165, 1.54) is 12.5 Å². The van der Waals surface area contributed by atoms with Crippen LogP contribution < -0.4 is 4.72 Å². The van der Waals surface area contributed by atoms with Crippen molar-refractivity contribution in [3.05, 3.63) is 12.5 Å². The number of nitrogens with one attached hydrogen (secondary N) is 2. The van der Waals surface area contributed by atoms with E-state index in [2.05, 4.69) is 46.5 Å². The normalized spacial score (nSPS) is 13.0. The molecule has 0 amide bonds. The lowest BCUT2D eigenvalue weighted by atomic mass is 10.1. The summed E-state index contributed by atoms with van der Waals surface area (Å²) in [5.74, 6) is 0. The van der Waals surface area contributed by atoms with Crippen LogP contribution in [0.25, 0.3) is 0 Å². The Bertz CT molecular complexity index is 400. The van der Waals surface area contributed by atoms with Crippen LogP contribution in [0.4, 0.5) is 0 Å². The van der Waals surface area contributed by atoms with E-state index in [-0.39, 0.29) is 5.03 Å². The van der Waals surface area contributed by atoms with Crippen molar-refractivity contribution in [3.63, 3.8) is 0 Å². The molecule has 5 nitrogen and oxygen atoms in total. The first-order valence-corrected chi connectivity index (χ1v) is 7.80. The topological polar surface area (TPSA) is 74.8 Å². The SMILES string of the molecule is CC(CBr)(CBr)NS(=O)(=O)c1cnc[nH]1. The van der Waals surface area contributed by atoms with Crippen molar-refractivity contribution in [3.8, 4) is 0 Å². The van der Waals surface area contributed by atoms with Gasteiger partial charge in [-0.05, 0) is 6.92 Å². The second-order valence-electron chi connectivity index (χ2n) is 3.35. The highest BCUT2D eigenvalue weighted by Gasteiger charge is 2.29. The van der Waals surface area contributed by atoms with Crippen LogP contribution in [0.15, 0.2) is 17.6 Å². The van der Waals surface area contributed by atoms with Crippen LogP contribution in [-0.2, 0) is 10.0 Å². The number of halogens is 2. The molecule has 0 saturated carbocycles. The van der Waals surface area contributed by atoms with E-state index in [0.29, 0.717) is 10.7 Å². The highest BCUT2D eigenvalue weighted by molar-refractivity contribution is 9.09. The quantitative estimate of drug-likeness (QED) is 0.775. The Morgan fingerprint density at radius 3 is 2.53 bits per heavy atom. The lowest BCUT2D eigenvalue weighted by Gasteiger charge is -2.25. The molecule has 0 saturated heterocycles. The van der Waals surface area contributed by atoms with E-state index in [4.69, 9.17) is 0 Å². The average Bonchev–Trinajstić information content (AvgIpc) is 2.70. The van der Waals surface area contributed by atoms with Gasteiger partial charge in [0.15, 0.2) is 5.03 Å². The molecule has 1 aromatic rings. The summed E-state index contributed by atoms with van der Waals surface area (Å²) in [6, 6.07) is 0. The van der Waals surface area contributed by atoms with Crippen molar-refractivity contribution >= 4 is 41.9 Å². The zero-order chi connectivity index (χ0) is 11.5. The molecule has 15 heavy (non-hydrogen) atoms. The van der Waals surface area contributed by atoms with Crippen molar-refractivity contribution in [2.45, 2.75) is 17.5 Å². The summed E-state index contributed by atoms with van der Waals surface area (Å²) < 4.78 is 26.2. The zero-order valence-electron chi connectivity index (χ0n) is 8.00. The maximum Gasteiger partial charge on any atom is 0.258 e. The number of aromatic amines is 1. The maximum atomic E-state index is 11.8. The molecule has 1 rings (SSSR count). The largest absolute Gasteiger partial charge is 0.335 e. The zero-order valence-corrected chi connectivity index (χ0v) is 12.0. The molecule has 0 unspecified atom stereocenters. The fraction of sp³-hybridized carbons (Fsp3) is 0.571. The molecule has 0 fully saturated rings. The minimum atomic E-state index is -3.53. The molecule has 86 valence electrons. The minimum absolute atomic E-state index is 0.0654. The molecule has 0 aromatic carbocycles. The van der Waals surface area contributed by atoms with Crippen LogP contribution in [0.5, 0.6) is 0 Å². The van der Waals surface area contributed by atoms with Gasteiger partial charge in [0.2, 0.25) is 0 Å². The summed E-state index contributed by atoms with van der Waals surface area (Å²) >= 11 is 6.53. The summed E-state index contributed by atoms with van der Waals surface area (Å²) in [5.41, 5.74) is -0.566. The summed E-state index contributed by atoms with van der Waals surface area (Å²) in [5, 5.41) is 1.09. The second-order valence-corrected chi connectivity index (χ2v) is 6.12. The first kappa shape index (κ1) is 13.1. The van der Waals surface area contributed by atoms with Crippen LogP contribution in [-0.4, -0.2) is 34.6 Å². The summed E-state index contributed by atoms with van der Waals surface area (Å²) in [6.07, 6.45) is 2.60. The third kappa shape index (κ3) is 3.27. The van der Waals surface area contributed by atoms with Gasteiger partial charge in [0, 0.05) is 16.2 Å².